The van der Waals surface area contributed by atoms with Gasteiger partial charge in [0.05, 0.1) is 0 Å². The van der Waals surface area contributed by atoms with Crippen LogP contribution >= 0.6 is 0 Å². The molecule has 0 amide bonds. The summed E-state index contributed by atoms with van der Waals surface area (Å²) in [5.74, 6) is 0.339. The highest BCUT2D eigenvalue weighted by Crippen LogP contribution is 2.49. The molecule has 0 N–H and O–H groups in total. The average Bonchev–Trinajstić information content (AvgIpc) is 3.40. The van der Waals surface area contributed by atoms with Crippen LogP contribution in [-0.2, 0) is 6.42 Å². The van der Waals surface area contributed by atoms with E-state index in [1.807, 2.05) is 0 Å². The molecule has 0 aliphatic heterocycles. The first-order valence-corrected chi connectivity index (χ1v) is 24.0. The molecule has 13 rings (SSSR count). The van der Waals surface area contributed by atoms with Gasteiger partial charge in [-0.2, -0.15) is 0 Å². The van der Waals surface area contributed by atoms with Crippen molar-refractivity contribution in [2.75, 3.05) is 9.80 Å². The van der Waals surface area contributed by atoms with Gasteiger partial charge in [0, 0.05) is 40.1 Å². The number of aryl methyl sites for hydroxylation is 1. The number of allylic oxidation sites excluding steroid dienone is 9. The van der Waals surface area contributed by atoms with Gasteiger partial charge in [0.25, 0.3) is 0 Å². The van der Waals surface area contributed by atoms with Gasteiger partial charge in [0.15, 0.2) is 0 Å². The lowest BCUT2D eigenvalue weighted by Gasteiger charge is -2.33. The van der Waals surface area contributed by atoms with Crippen LogP contribution in [0.3, 0.4) is 0 Å². The summed E-state index contributed by atoms with van der Waals surface area (Å²) in [6.45, 7) is 0. The molecule has 10 aromatic carbocycles. The second-order valence-corrected chi connectivity index (χ2v) is 18.4. The van der Waals surface area contributed by atoms with E-state index >= 15 is 0 Å². The molecule has 68 heavy (non-hydrogen) atoms. The molecule has 0 radical (unpaired) electrons. The van der Waals surface area contributed by atoms with E-state index in [0.717, 1.165) is 47.7 Å². The molecule has 10 aromatic rings. The molecule has 1 atom stereocenters. The molecule has 322 valence electrons. The summed E-state index contributed by atoms with van der Waals surface area (Å²) in [5.41, 5.74) is 15.9. The van der Waals surface area contributed by atoms with Gasteiger partial charge in [-0.15, -0.1) is 0 Å². The van der Waals surface area contributed by atoms with Gasteiger partial charge in [0.2, 0.25) is 0 Å². The van der Waals surface area contributed by atoms with Crippen molar-refractivity contribution in [3.8, 4) is 22.3 Å². The first-order valence-electron chi connectivity index (χ1n) is 24.0. The normalized spacial score (nSPS) is 15.0. The van der Waals surface area contributed by atoms with E-state index in [1.54, 1.807) is 0 Å². The minimum absolute atomic E-state index is 0.339. The summed E-state index contributed by atoms with van der Waals surface area (Å²) in [7, 11) is 0. The lowest BCUT2D eigenvalue weighted by Crippen LogP contribution is -2.21. The minimum Gasteiger partial charge on any atom is -0.314 e. The van der Waals surface area contributed by atoms with Crippen molar-refractivity contribution in [3.05, 3.63) is 265 Å². The Labute approximate surface area is 398 Å². The Morgan fingerprint density at radius 3 is 1.60 bits per heavy atom. The van der Waals surface area contributed by atoms with Gasteiger partial charge in [-0.25, -0.2) is 0 Å². The molecule has 1 unspecified atom stereocenters. The third kappa shape index (κ3) is 7.05. The van der Waals surface area contributed by atoms with Gasteiger partial charge in [-0.05, 0) is 180 Å². The van der Waals surface area contributed by atoms with E-state index in [1.165, 1.54) is 87.7 Å². The third-order valence-corrected chi connectivity index (χ3v) is 14.3. The average molecular weight is 869 g/mol. The summed E-state index contributed by atoms with van der Waals surface area (Å²) in [5, 5.41) is 9.80. The van der Waals surface area contributed by atoms with Crippen molar-refractivity contribution in [2.45, 2.75) is 19.3 Å². The molecule has 0 heterocycles. The van der Waals surface area contributed by atoms with Crippen molar-refractivity contribution >= 4 is 77.6 Å². The van der Waals surface area contributed by atoms with Crippen LogP contribution in [0.4, 0.5) is 28.4 Å². The van der Waals surface area contributed by atoms with E-state index in [9.17, 15) is 0 Å². The number of para-hydroxylation sites is 2. The fourth-order valence-corrected chi connectivity index (χ4v) is 11.1. The summed E-state index contributed by atoms with van der Waals surface area (Å²) >= 11 is 0. The number of hydrogen-bond donors (Lipinski definition) is 0. The van der Waals surface area contributed by atoms with Crippen LogP contribution < -0.4 is 9.80 Å². The molecule has 0 saturated carbocycles. The Morgan fingerprint density at radius 1 is 0.397 bits per heavy atom. The fraction of sp³-hybridized carbons (Fsp3) is 0.0606. The van der Waals surface area contributed by atoms with Gasteiger partial charge in [-0.3, -0.25) is 0 Å². The van der Waals surface area contributed by atoms with Crippen LogP contribution in [0, 0.1) is 5.92 Å². The quantitative estimate of drug-likeness (QED) is 0.140. The maximum Gasteiger partial charge on any atom is 0.0468 e. The number of anilines is 5. The topological polar surface area (TPSA) is 6.48 Å². The molecular weight excluding hydrogens is 821 g/mol. The molecule has 0 fully saturated rings. The van der Waals surface area contributed by atoms with Crippen molar-refractivity contribution in [1.82, 2.24) is 0 Å². The van der Waals surface area contributed by atoms with Gasteiger partial charge >= 0.3 is 0 Å². The number of hydrogen-bond acceptors (Lipinski definition) is 2. The third-order valence-electron chi connectivity index (χ3n) is 14.3. The standard InChI is InChI=1S/C66H48N2/c1-3-23-55(24-4-1)67(57-33-31-47-17-9-13-21-51(47)41-57)59-35-37-61-63(43-59)65(53-29-27-45-15-7-11-19-49(45)39-53)62-38-36-60(44-64(62)66(61)54-30-28-46-16-8-12-20-50(46)40-54)68(56-25-5-2-6-26-56)58-34-32-48-18-10-14-22-52(48)42-58/h1-13,15-21,23-40,42-44,51H,14,22,41H2. The van der Waals surface area contributed by atoms with E-state index < -0.39 is 0 Å². The first kappa shape index (κ1) is 39.9. The Morgan fingerprint density at radius 2 is 0.956 bits per heavy atom. The van der Waals surface area contributed by atoms with Crippen molar-refractivity contribution in [3.63, 3.8) is 0 Å². The van der Waals surface area contributed by atoms with Crippen LogP contribution in [0.2, 0.25) is 0 Å². The maximum absolute atomic E-state index is 2.48. The summed E-state index contributed by atoms with van der Waals surface area (Å²) < 4.78 is 0. The maximum atomic E-state index is 2.48. The number of fused-ring (bicyclic) bond motifs is 6. The Balaban J connectivity index is 1.11. The molecule has 3 aliphatic carbocycles. The lowest BCUT2D eigenvalue weighted by molar-refractivity contribution is 0.732. The molecule has 0 spiro atoms. The highest BCUT2D eigenvalue weighted by Gasteiger charge is 2.26. The molecule has 0 bridgehead atoms. The van der Waals surface area contributed by atoms with Crippen LogP contribution in [-0.4, -0.2) is 0 Å². The van der Waals surface area contributed by atoms with Crippen molar-refractivity contribution in [2.24, 2.45) is 5.92 Å². The number of rotatable bonds is 8. The first-order chi connectivity index (χ1) is 33.7. The predicted octanol–water partition coefficient (Wildman–Crippen LogP) is 18.2. The summed E-state index contributed by atoms with van der Waals surface area (Å²) in [4.78, 5) is 4.93. The largest absolute Gasteiger partial charge is 0.314 e. The van der Waals surface area contributed by atoms with E-state index in [4.69, 9.17) is 0 Å². The molecular formula is C66H48N2. The highest BCUT2D eigenvalue weighted by atomic mass is 15.2. The van der Waals surface area contributed by atoms with Crippen LogP contribution in [0.5, 0.6) is 0 Å². The van der Waals surface area contributed by atoms with Crippen molar-refractivity contribution in [1.29, 1.82) is 0 Å². The van der Waals surface area contributed by atoms with Crippen LogP contribution in [0.1, 0.15) is 24.0 Å². The number of benzene rings is 10. The molecule has 2 heteroatoms. The Hall–Kier alpha value is -8.46. The van der Waals surface area contributed by atoms with Crippen molar-refractivity contribution < 1.29 is 0 Å². The second kappa shape index (κ2) is 16.8. The smallest absolute Gasteiger partial charge is 0.0468 e. The lowest BCUT2D eigenvalue weighted by atomic mass is 9.84. The minimum atomic E-state index is 0.339. The summed E-state index contributed by atoms with van der Waals surface area (Å²) in [6, 6.07) is 74.7. The van der Waals surface area contributed by atoms with E-state index in [2.05, 4.69) is 259 Å². The molecule has 3 aliphatic rings. The number of nitrogens with zero attached hydrogens (tertiary/aromatic N) is 2. The molecule has 0 saturated heterocycles. The summed E-state index contributed by atoms with van der Waals surface area (Å²) in [6.07, 6.45) is 21.2. The fourth-order valence-electron chi connectivity index (χ4n) is 11.1. The Kier molecular flexibility index (Phi) is 9.83. The Bertz CT molecular complexity index is 3770. The van der Waals surface area contributed by atoms with Gasteiger partial charge in [0.1, 0.15) is 0 Å². The van der Waals surface area contributed by atoms with Crippen LogP contribution in [0.15, 0.2) is 254 Å². The molecule has 0 aromatic heterocycles. The van der Waals surface area contributed by atoms with Gasteiger partial charge < -0.3 is 9.80 Å². The predicted molar refractivity (Wildman–Crippen MR) is 291 cm³/mol. The van der Waals surface area contributed by atoms with E-state index in [0.29, 0.717) is 5.92 Å². The van der Waals surface area contributed by atoms with Gasteiger partial charge in [-0.1, -0.05) is 170 Å². The highest BCUT2D eigenvalue weighted by molar-refractivity contribution is 6.23. The monoisotopic (exact) mass is 868 g/mol. The van der Waals surface area contributed by atoms with E-state index in [-0.39, 0.29) is 0 Å². The zero-order valence-corrected chi connectivity index (χ0v) is 37.8. The zero-order valence-electron chi connectivity index (χ0n) is 37.8. The molecule has 2 nitrogen and oxygen atoms in total. The van der Waals surface area contributed by atoms with Crippen LogP contribution in [0.25, 0.3) is 71.4 Å². The SMILES string of the molecule is C1=CC2=CC=C(N(c3ccccc3)c3ccc4c(-c5ccc6ccccc6c5)c5cc(N(c6ccccc6)c6ccc7c(c6)CCC=C7)ccc5c(-c5ccc6ccccc6c5)c4c3)CC2C=C1. The zero-order chi connectivity index (χ0) is 45.0. The second-order valence-electron chi connectivity index (χ2n) is 18.4.